The Balaban J connectivity index is 1.75. The highest BCUT2D eigenvalue weighted by atomic mass is 16.7. The lowest BCUT2D eigenvalue weighted by molar-refractivity contribution is -0.264. The predicted octanol–water partition coefficient (Wildman–Crippen LogP) is 2.85. The molecule has 6 nitrogen and oxygen atoms in total. The van der Waals surface area contributed by atoms with Gasteiger partial charge in [-0.15, -0.1) is 6.58 Å². The monoisotopic (exact) mass is 376 g/mol. The minimum Gasteiger partial charge on any atom is -0.493 e. The summed E-state index contributed by atoms with van der Waals surface area (Å²) in [7, 11) is 4.92. The van der Waals surface area contributed by atoms with Crippen LogP contribution < -0.4 is 9.47 Å². The van der Waals surface area contributed by atoms with Crippen molar-refractivity contribution < 1.29 is 28.8 Å². The summed E-state index contributed by atoms with van der Waals surface area (Å²) in [5.41, 5.74) is 0.419. The van der Waals surface area contributed by atoms with Crippen molar-refractivity contribution in [2.45, 2.75) is 50.0 Å². The average Bonchev–Trinajstić information content (AvgIpc) is 3.45. The van der Waals surface area contributed by atoms with Crippen molar-refractivity contribution in [2.24, 2.45) is 11.3 Å². The van der Waals surface area contributed by atoms with Crippen molar-refractivity contribution in [1.82, 2.24) is 0 Å². The molecule has 1 aromatic carbocycles. The number of benzene rings is 1. The van der Waals surface area contributed by atoms with Crippen LogP contribution in [-0.2, 0) is 14.2 Å². The molecule has 0 spiro atoms. The molecule has 2 heterocycles. The van der Waals surface area contributed by atoms with E-state index in [9.17, 15) is 5.11 Å². The fourth-order valence-corrected chi connectivity index (χ4v) is 5.19. The van der Waals surface area contributed by atoms with Crippen molar-refractivity contribution in [3.05, 3.63) is 36.4 Å². The van der Waals surface area contributed by atoms with E-state index in [1.165, 1.54) is 0 Å². The van der Waals surface area contributed by atoms with Crippen molar-refractivity contribution >= 4 is 0 Å². The van der Waals surface area contributed by atoms with Gasteiger partial charge in [-0.2, -0.15) is 0 Å². The number of rotatable bonds is 6. The van der Waals surface area contributed by atoms with E-state index in [-0.39, 0.29) is 30.3 Å². The number of ether oxygens (including phenoxy) is 5. The smallest absolute Gasteiger partial charge is 0.202 e. The van der Waals surface area contributed by atoms with Crippen LogP contribution in [0.15, 0.2) is 30.9 Å². The number of hydrogen-bond donors (Lipinski definition) is 1. The van der Waals surface area contributed by atoms with E-state index < -0.39 is 11.2 Å². The van der Waals surface area contributed by atoms with Crippen LogP contribution >= 0.6 is 0 Å². The van der Waals surface area contributed by atoms with Gasteiger partial charge in [0.2, 0.25) is 5.79 Å². The van der Waals surface area contributed by atoms with Crippen LogP contribution in [0.4, 0.5) is 0 Å². The van der Waals surface area contributed by atoms with Crippen molar-refractivity contribution in [2.75, 3.05) is 21.3 Å². The topological polar surface area (TPSA) is 69.7 Å². The third-order valence-corrected chi connectivity index (χ3v) is 6.74. The minimum absolute atomic E-state index is 0.0291. The molecule has 3 fully saturated rings. The standard InChI is InChI=1S/C21H28O6/c1-6-9-20-11-16(25-5)18-19(26-18)21(20,22)27-17(12(20)2)13-7-8-14(23-3)15(10-13)24-4/h6-8,10,12,16-19,22H,1,9,11H2,2-5H3/t12-,16-,17-,18-,19-,20-,21+/m0/s1. The summed E-state index contributed by atoms with van der Waals surface area (Å²) >= 11 is 0. The van der Waals surface area contributed by atoms with Gasteiger partial charge in [0.05, 0.1) is 26.4 Å². The normalized spacial score (nSPS) is 42.2. The van der Waals surface area contributed by atoms with E-state index in [1.54, 1.807) is 21.3 Å². The molecule has 0 bridgehead atoms. The Morgan fingerprint density at radius 2 is 2.00 bits per heavy atom. The van der Waals surface area contributed by atoms with E-state index in [1.807, 2.05) is 24.3 Å². The summed E-state index contributed by atoms with van der Waals surface area (Å²) in [5.74, 6) is -0.0333. The van der Waals surface area contributed by atoms with Gasteiger partial charge in [0.1, 0.15) is 12.2 Å². The zero-order valence-corrected chi connectivity index (χ0v) is 16.3. The second kappa shape index (κ2) is 6.48. The first-order valence-electron chi connectivity index (χ1n) is 9.37. The highest BCUT2D eigenvalue weighted by Gasteiger charge is 2.77. The molecule has 1 aromatic rings. The van der Waals surface area contributed by atoms with Gasteiger partial charge in [-0.3, -0.25) is 0 Å². The van der Waals surface area contributed by atoms with Crippen LogP contribution in [0.3, 0.4) is 0 Å². The number of hydrogen-bond acceptors (Lipinski definition) is 6. The molecule has 0 radical (unpaired) electrons. The Labute approximate surface area is 160 Å². The molecule has 6 heteroatoms. The maximum Gasteiger partial charge on any atom is 0.202 e. The molecule has 3 aliphatic rings. The quantitative estimate of drug-likeness (QED) is 0.608. The van der Waals surface area contributed by atoms with E-state index in [2.05, 4.69) is 13.5 Å². The summed E-state index contributed by atoms with van der Waals surface area (Å²) in [6, 6.07) is 5.75. The second-order valence-corrected chi connectivity index (χ2v) is 7.79. The fraction of sp³-hybridized carbons (Fsp3) is 0.619. The Kier molecular flexibility index (Phi) is 4.50. The average molecular weight is 376 g/mol. The molecular weight excluding hydrogens is 348 g/mol. The number of epoxide rings is 1. The summed E-state index contributed by atoms with van der Waals surface area (Å²) in [4.78, 5) is 0. The van der Waals surface area contributed by atoms with Gasteiger partial charge >= 0.3 is 0 Å². The summed E-state index contributed by atoms with van der Waals surface area (Å²) in [5, 5.41) is 11.6. The SMILES string of the molecule is C=CC[C@@]12C[C@H](OC)[C@@H]3O[C@@H]3[C@@]1(O)O[C@H](c1ccc(OC)c(OC)c1)[C@@H]2C. The maximum atomic E-state index is 11.6. The first kappa shape index (κ1) is 18.7. The van der Waals surface area contributed by atoms with E-state index in [0.717, 1.165) is 5.56 Å². The number of allylic oxidation sites excluding steroid dienone is 1. The largest absolute Gasteiger partial charge is 0.493 e. The lowest BCUT2D eigenvalue weighted by Crippen LogP contribution is -2.58. The molecule has 4 rings (SSSR count). The summed E-state index contributed by atoms with van der Waals surface area (Å²) < 4.78 is 28.6. The maximum absolute atomic E-state index is 11.6. The number of aliphatic hydroxyl groups is 1. The molecule has 1 N–H and O–H groups in total. The molecule has 1 aliphatic carbocycles. The van der Waals surface area contributed by atoms with Crippen molar-refractivity contribution in [3.63, 3.8) is 0 Å². The minimum atomic E-state index is -1.36. The highest BCUT2D eigenvalue weighted by molar-refractivity contribution is 5.44. The Morgan fingerprint density at radius 1 is 1.26 bits per heavy atom. The summed E-state index contributed by atoms with van der Waals surface area (Å²) in [6.07, 6.45) is 2.31. The van der Waals surface area contributed by atoms with Crippen LogP contribution in [0.1, 0.15) is 31.4 Å². The third kappa shape index (κ3) is 2.47. The molecule has 0 amide bonds. The van der Waals surface area contributed by atoms with E-state index >= 15 is 0 Å². The molecule has 1 saturated carbocycles. The third-order valence-electron chi connectivity index (χ3n) is 6.74. The molecule has 7 atom stereocenters. The lowest BCUT2D eigenvalue weighted by atomic mass is 9.60. The first-order valence-corrected chi connectivity index (χ1v) is 9.37. The van der Waals surface area contributed by atoms with Crippen LogP contribution in [0.2, 0.25) is 0 Å². The Morgan fingerprint density at radius 3 is 2.63 bits per heavy atom. The molecule has 2 saturated heterocycles. The van der Waals surface area contributed by atoms with Gasteiger partial charge < -0.3 is 28.8 Å². The molecule has 27 heavy (non-hydrogen) atoms. The van der Waals surface area contributed by atoms with Crippen molar-refractivity contribution in [3.8, 4) is 11.5 Å². The van der Waals surface area contributed by atoms with Gasteiger partial charge in [-0.25, -0.2) is 0 Å². The fourth-order valence-electron chi connectivity index (χ4n) is 5.19. The lowest BCUT2D eigenvalue weighted by Gasteiger charge is -2.46. The van der Waals surface area contributed by atoms with Crippen LogP contribution in [0.25, 0.3) is 0 Å². The van der Waals surface area contributed by atoms with Gasteiger partial charge in [0.25, 0.3) is 0 Å². The van der Waals surface area contributed by atoms with Gasteiger partial charge in [0.15, 0.2) is 11.5 Å². The van der Waals surface area contributed by atoms with Crippen LogP contribution in [0, 0.1) is 11.3 Å². The predicted molar refractivity (Wildman–Crippen MR) is 98.8 cm³/mol. The van der Waals surface area contributed by atoms with Crippen LogP contribution in [-0.4, -0.2) is 50.5 Å². The molecule has 2 aliphatic heterocycles. The van der Waals surface area contributed by atoms with E-state index in [4.69, 9.17) is 23.7 Å². The zero-order valence-electron chi connectivity index (χ0n) is 16.3. The van der Waals surface area contributed by atoms with Crippen molar-refractivity contribution in [1.29, 1.82) is 0 Å². The zero-order chi connectivity index (χ0) is 19.4. The molecular formula is C21H28O6. The van der Waals surface area contributed by atoms with Gasteiger partial charge in [-0.1, -0.05) is 19.1 Å². The number of methoxy groups -OCH3 is 3. The highest BCUT2D eigenvalue weighted by Crippen LogP contribution is 2.67. The van der Waals surface area contributed by atoms with Crippen LogP contribution in [0.5, 0.6) is 11.5 Å². The summed E-state index contributed by atoms with van der Waals surface area (Å²) in [6.45, 7) is 6.05. The first-order chi connectivity index (χ1) is 13.0. The molecule has 0 unspecified atom stereocenters. The Hall–Kier alpha value is -1.60. The molecule has 148 valence electrons. The number of fused-ring (bicyclic) bond motifs is 3. The Bertz CT molecular complexity index is 735. The van der Waals surface area contributed by atoms with Gasteiger partial charge in [0, 0.05) is 12.5 Å². The second-order valence-electron chi connectivity index (χ2n) is 7.79. The molecule has 0 aromatic heterocycles. The van der Waals surface area contributed by atoms with Gasteiger partial charge in [-0.05, 0) is 36.5 Å². The van der Waals surface area contributed by atoms with E-state index in [0.29, 0.717) is 24.3 Å².